The Morgan fingerprint density at radius 1 is 0.750 bits per heavy atom. The van der Waals surface area contributed by atoms with Gasteiger partial charge in [0.1, 0.15) is 11.5 Å². The van der Waals surface area contributed by atoms with Gasteiger partial charge in [-0.2, -0.15) is 0 Å². The van der Waals surface area contributed by atoms with Crippen LogP contribution in [0, 0.1) is 0 Å². The third kappa shape index (κ3) is 5.42. The number of anilines is 1. The highest BCUT2D eigenvalue weighted by molar-refractivity contribution is 6.24. The van der Waals surface area contributed by atoms with E-state index in [-0.39, 0.29) is 29.5 Å². The van der Waals surface area contributed by atoms with Crippen molar-refractivity contribution in [1.82, 2.24) is 9.80 Å². The minimum Gasteiger partial charge on any atom is -0.497 e. The third-order valence-corrected chi connectivity index (χ3v) is 9.07. The number of nitrogens with zero attached hydrogens (tertiary/aromatic N) is 3. The van der Waals surface area contributed by atoms with E-state index in [9.17, 15) is 19.2 Å². The van der Waals surface area contributed by atoms with Crippen molar-refractivity contribution in [2.75, 3.05) is 45.3 Å². The molecule has 0 radical (unpaired) electrons. The summed E-state index contributed by atoms with van der Waals surface area (Å²) in [4.78, 5) is 59.0. The van der Waals surface area contributed by atoms with Crippen molar-refractivity contribution in [3.8, 4) is 11.5 Å². The van der Waals surface area contributed by atoms with Crippen LogP contribution in [-0.4, -0.2) is 79.7 Å². The van der Waals surface area contributed by atoms with Crippen LogP contribution in [0.5, 0.6) is 11.5 Å². The van der Waals surface area contributed by atoms with E-state index < -0.39 is 0 Å². The Morgan fingerprint density at radius 2 is 1.43 bits per heavy atom. The highest BCUT2D eigenvalue weighted by Gasteiger charge is 2.42. The number of fused-ring (bicyclic) bond motifs is 1. The fourth-order valence-corrected chi connectivity index (χ4v) is 6.64. The Morgan fingerprint density at radius 3 is 2.09 bits per heavy atom. The number of imide groups is 1. The number of hydrogen-bond acceptors (Lipinski definition) is 7. The van der Waals surface area contributed by atoms with Crippen LogP contribution in [0.15, 0.2) is 60.7 Å². The zero-order chi connectivity index (χ0) is 30.8. The maximum absolute atomic E-state index is 13.7. The smallest absolute Gasteiger partial charge is 0.263 e. The predicted octanol–water partition coefficient (Wildman–Crippen LogP) is 5.22. The van der Waals surface area contributed by atoms with Gasteiger partial charge in [-0.25, -0.2) is 0 Å². The summed E-state index contributed by atoms with van der Waals surface area (Å²) < 4.78 is 10.6. The maximum Gasteiger partial charge on any atom is 0.263 e. The quantitative estimate of drug-likeness (QED) is 0.210. The number of ether oxygens (including phenoxy) is 2. The number of carbonyl (C=O) groups is 4. The fourth-order valence-electron chi connectivity index (χ4n) is 6.64. The van der Waals surface area contributed by atoms with Gasteiger partial charge in [-0.3, -0.25) is 24.1 Å². The molecule has 0 aromatic heterocycles. The number of hydrogen-bond donors (Lipinski definition) is 0. The van der Waals surface area contributed by atoms with Crippen molar-refractivity contribution in [1.29, 1.82) is 0 Å². The molecule has 0 N–H and O–H groups in total. The summed E-state index contributed by atoms with van der Waals surface area (Å²) in [6, 6.07) is 17.2. The van der Waals surface area contributed by atoms with Crippen molar-refractivity contribution >= 4 is 29.2 Å². The Bertz CT molecular complexity index is 1580. The molecule has 9 heteroatoms. The molecule has 1 saturated carbocycles. The maximum atomic E-state index is 13.7. The first-order chi connectivity index (χ1) is 21.4. The standard InChI is InChI=1S/C35H37N3O6/c1-43-26-16-17-30(44-2)28(22-26)32(39)23-12-14-24(15-13-23)33(40)37-20-18-36(19-21-37)29-11-7-10-27-31(29)35(42)38(34(27)41)25-8-5-3-4-6-9-25/h7,10-17,22,25H,3-6,8-9,18-21H2,1-2H3. The number of benzene rings is 3. The molecule has 0 spiro atoms. The summed E-state index contributed by atoms with van der Waals surface area (Å²) in [5.41, 5.74) is 3.05. The lowest BCUT2D eigenvalue weighted by Crippen LogP contribution is -2.49. The minimum absolute atomic E-state index is 0.0357. The van der Waals surface area contributed by atoms with E-state index in [4.69, 9.17) is 9.47 Å². The van der Waals surface area contributed by atoms with E-state index in [1.54, 1.807) is 53.4 Å². The van der Waals surface area contributed by atoms with E-state index in [0.29, 0.717) is 65.5 Å². The summed E-state index contributed by atoms with van der Waals surface area (Å²) >= 11 is 0. The second-order valence-electron chi connectivity index (χ2n) is 11.6. The second kappa shape index (κ2) is 12.5. The normalized spacial score (nSPS) is 17.4. The first kappa shape index (κ1) is 29.4. The van der Waals surface area contributed by atoms with Crippen LogP contribution < -0.4 is 14.4 Å². The highest BCUT2D eigenvalue weighted by Crippen LogP contribution is 2.36. The van der Waals surface area contributed by atoms with Crippen molar-refractivity contribution in [2.45, 2.75) is 44.6 Å². The zero-order valence-electron chi connectivity index (χ0n) is 25.2. The average molecular weight is 596 g/mol. The molecule has 0 bridgehead atoms. The van der Waals surface area contributed by atoms with Gasteiger partial charge in [0.25, 0.3) is 17.7 Å². The lowest BCUT2D eigenvalue weighted by atomic mass is 10.0. The molecule has 1 aliphatic carbocycles. The number of methoxy groups -OCH3 is 2. The molecule has 2 fully saturated rings. The largest absolute Gasteiger partial charge is 0.497 e. The van der Waals surface area contributed by atoms with E-state index in [1.165, 1.54) is 19.1 Å². The van der Waals surface area contributed by atoms with Gasteiger partial charge in [-0.1, -0.05) is 43.9 Å². The summed E-state index contributed by atoms with van der Waals surface area (Å²) in [5, 5.41) is 0. The third-order valence-electron chi connectivity index (χ3n) is 9.07. The van der Waals surface area contributed by atoms with Crippen molar-refractivity contribution < 1.29 is 28.7 Å². The first-order valence-corrected chi connectivity index (χ1v) is 15.3. The Hall–Kier alpha value is -4.66. The first-order valence-electron chi connectivity index (χ1n) is 15.3. The van der Waals surface area contributed by atoms with Gasteiger partial charge in [0.15, 0.2) is 5.78 Å². The van der Waals surface area contributed by atoms with Crippen LogP contribution in [0.1, 0.15) is 85.5 Å². The van der Waals surface area contributed by atoms with Crippen LogP contribution in [0.3, 0.4) is 0 Å². The molecule has 3 aromatic rings. The van der Waals surface area contributed by atoms with Crippen molar-refractivity contribution in [3.05, 3.63) is 88.5 Å². The predicted molar refractivity (Wildman–Crippen MR) is 166 cm³/mol. The number of rotatable bonds is 7. The van der Waals surface area contributed by atoms with Gasteiger partial charge < -0.3 is 19.3 Å². The molecule has 228 valence electrons. The van der Waals surface area contributed by atoms with Crippen LogP contribution in [0.25, 0.3) is 0 Å². The molecule has 2 heterocycles. The molecular weight excluding hydrogens is 558 g/mol. The van der Waals surface area contributed by atoms with Crippen LogP contribution in [0.4, 0.5) is 5.69 Å². The molecule has 3 aliphatic rings. The second-order valence-corrected chi connectivity index (χ2v) is 11.6. The fraction of sp³-hybridized carbons (Fsp3) is 0.371. The topological polar surface area (TPSA) is 96.5 Å². The van der Waals surface area contributed by atoms with Crippen molar-refractivity contribution in [3.63, 3.8) is 0 Å². The van der Waals surface area contributed by atoms with E-state index in [0.717, 1.165) is 44.2 Å². The Kier molecular flexibility index (Phi) is 8.37. The van der Waals surface area contributed by atoms with Crippen molar-refractivity contribution in [2.24, 2.45) is 0 Å². The van der Waals surface area contributed by atoms with E-state index in [1.807, 2.05) is 12.1 Å². The molecule has 0 unspecified atom stereocenters. The Balaban J connectivity index is 1.13. The zero-order valence-corrected chi connectivity index (χ0v) is 25.2. The molecule has 6 rings (SSSR count). The molecule has 9 nitrogen and oxygen atoms in total. The van der Waals surface area contributed by atoms with Crippen LogP contribution >= 0.6 is 0 Å². The van der Waals surface area contributed by atoms with Gasteiger partial charge >= 0.3 is 0 Å². The van der Waals surface area contributed by atoms with Crippen LogP contribution in [0.2, 0.25) is 0 Å². The molecule has 2 aliphatic heterocycles. The minimum atomic E-state index is -0.227. The SMILES string of the molecule is COc1ccc(OC)c(C(=O)c2ccc(C(=O)N3CCN(c4cccc5c4C(=O)N(C4CCCCCC4)C5=O)CC3)cc2)c1. The average Bonchev–Trinajstić information content (AvgIpc) is 3.22. The summed E-state index contributed by atoms with van der Waals surface area (Å²) in [6.07, 6.45) is 6.11. The highest BCUT2D eigenvalue weighted by atomic mass is 16.5. The summed E-state index contributed by atoms with van der Waals surface area (Å²) in [5.74, 6) is 0.280. The number of ketones is 1. The van der Waals surface area contributed by atoms with Gasteiger partial charge in [-0.15, -0.1) is 0 Å². The molecule has 3 amide bonds. The summed E-state index contributed by atoms with van der Waals surface area (Å²) in [6.45, 7) is 2.02. The lowest BCUT2D eigenvalue weighted by molar-refractivity contribution is 0.0568. The molecule has 0 atom stereocenters. The number of piperazine rings is 1. The van der Waals surface area contributed by atoms with E-state index >= 15 is 0 Å². The number of amides is 3. The van der Waals surface area contributed by atoms with E-state index in [2.05, 4.69) is 4.90 Å². The van der Waals surface area contributed by atoms with Gasteiger partial charge in [0.05, 0.1) is 36.6 Å². The number of carbonyl (C=O) groups excluding carboxylic acids is 4. The van der Waals surface area contributed by atoms with Gasteiger partial charge in [0, 0.05) is 43.3 Å². The molecule has 44 heavy (non-hydrogen) atoms. The molecule has 3 aromatic carbocycles. The van der Waals surface area contributed by atoms with Crippen LogP contribution in [-0.2, 0) is 0 Å². The Labute approximate surface area is 257 Å². The summed E-state index contributed by atoms with van der Waals surface area (Å²) in [7, 11) is 3.05. The monoisotopic (exact) mass is 595 g/mol. The molecule has 1 saturated heterocycles. The van der Waals surface area contributed by atoms with Gasteiger partial charge in [-0.05, 0) is 55.3 Å². The van der Waals surface area contributed by atoms with Gasteiger partial charge in [0.2, 0.25) is 0 Å². The lowest BCUT2D eigenvalue weighted by Gasteiger charge is -2.36. The molecular formula is C35H37N3O6.